The number of aryl methyl sites for hydroxylation is 1. The summed E-state index contributed by atoms with van der Waals surface area (Å²) < 4.78 is 58.0. The van der Waals surface area contributed by atoms with Gasteiger partial charge < -0.3 is 15.4 Å². The molecule has 1 amide bonds. The van der Waals surface area contributed by atoms with Gasteiger partial charge in [-0.3, -0.25) is 4.79 Å². The first-order valence-electron chi connectivity index (χ1n) is 9.74. The van der Waals surface area contributed by atoms with Gasteiger partial charge in [-0.25, -0.2) is 14.4 Å². The van der Waals surface area contributed by atoms with Crippen molar-refractivity contribution in [3.8, 4) is 11.6 Å². The van der Waals surface area contributed by atoms with E-state index in [4.69, 9.17) is 4.74 Å². The third-order valence-corrected chi connectivity index (χ3v) is 4.81. The topological polar surface area (TPSA) is 76.1 Å². The van der Waals surface area contributed by atoms with Crippen LogP contribution in [0.1, 0.15) is 24.0 Å². The van der Waals surface area contributed by atoms with Crippen molar-refractivity contribution in [2.24, 2.45) is 5.92 Å². The fraction of sp³-hybridized carbons (Fsp3) is 0.227. The Bertz CT molecular complexity index is 1160. The van der Waals surface area contributed by atoms with E-state index in [9.17, 15) is 22.4 Å². The minimum Gasteiger partial charge on any atom is -0.439 e. The lowest BCUT2D eigenvalue weighted by Crippen LogP contribution is -2.14. The quantitative estimate of drug-likeness (QED) is 0.466. The maximum absolute atomic E-state index is 13.5. The molecule has 2 aromatic carbocycles. The predicted molar refractivity (Wildman–Crippen MR) is 109 cm³/mol. The molecular weight excluding hydrogens is 428 g/mol. The smallest absolute Gasteiger partial charge is 0.419 e. The van der Waals surface area contributed by atoms with Crippen LogP contribution in [0.2, 0.25) is 0 Å². The first kappa shape index (κ1) is 21.5. The fourth-order valence-electron chi connectivity index (χ4n) is 2.97. The number of ether oxygens (including phenoxy) is 1. The monoisotopic (exact) mass is 446 g/mol. The second-order valence-corrected chi connectivity index (χ2v) is 7.40. The van der Waals surface area contributed by atoms with Crippen molar-refractivity contribution in [3.05, 3.63) is 65.7 Å². The molecule has 4 rings (SSSR count). The van der Waals surface area contributed by atoms with Gasteiger partial charge in [0.2, 0.25) is 11.8 Å². The van der Waals surface area contributed by atoms with Crippen LogP contribution in [0.15, 0.2) is 48.8 Å². The Morgan fingerprint density at radius 1 is 1.09 bits per heavy atom. The van der Waals surface area contributed by atoms with Gasteiger partial charge in [0, 0.05) is 23.4 Å². The number of hydrogen-bond acceptors (Lipinski definition) is 5. The van der Waals surface area contributed by atoms with Crippen molar-refractivity contribution in [1.29, 1.82) is 0 Å². The van der Waals surface area contributed by atoms with Crippen LogP contribution in [0.3, 0.4) is 0 Å². The molecule has 1 fully saturated rings. The van der Waals surface area contributed by atoms with Crippen molar-refractivity contribution < 1.29 is 27.1 Å². The van der Waals surface area contributed by atoms with Crippen molar-refractivity contribution in [1.82, 2.24) is 9.97 Å². The number of amides is 1. The third-order valence-electron chi connectivity index (χ3n) is 4.81. The van der Waals surface area contributed by atoms with Gasteiger partial charge in [-0.2, -0.15) is 13.2 Å². The minimum atomic E-state index is -4.79. The lowest BCUT2D eigenvalue weighted by molar-refractivity contribution is -0.139. The Labute approximate surface area is 180 Å². The Balaban J connectivity index is 1.46. The molecule has 1 heterocycles. The predicted octanol–water partition coefficient (Wildman–Crippen LogP) is 5.83. The number of hydrogen-bond donors (Lipinski definition) is 2. The van der Waals surface area contributed by atoms with Gasteiger partial charge in [-0.05, 0) is 61.7 Å². The third kappa shape index (κ3) is 5.13. The Kier molecular flexibility index (Phi) is 5.68. The molecular formula is C22H18F4N4O2. The Morgan fingerprint density at radius 2 is 1.88 bits per heavy atom. The van der Waals surface area contributed by atoms with E-state index < -0.39 is 17.6 Å². The largest absolute Gasteiger partial charge is 0.439 e. The van der Waals surface area contributed by atoms with E-state index in [0.29, 0.717) is 22.8 Å². The zero-order valence-electron chi connectivity index (χ0n) is 16.8. The van der Waals surface area contributed by atoms with Crippen molar-refractivity contribution in [2.75, 3.05) is 10.6 Å². The summed E-state index contributed by atoms with van der Waals surface area (Å²) in [6.07, 6.45) is -1.78. The van der Waals surface area contributed by atoms with Crippen molar-refractivity contribution in [3.63, 3.8) is 0 Å². The average Bonchev–Trinajstić information content (AvgIpc) is 3.56. The highest BCUT2D eigenvalue weighted by atomic mass is 19.4. The molecule has 3 aromatic rings. The van der Waals surface area contributed by atoms with E-state index in [-0.39, 0.29) is 23.4 Å². The number of carbonyl (C=O) groups is 1. The molecule has 2 N–H and O–H groups in total. The zero-order valence-corrected chi connectivity index (χ0v) is 16.8. The fourth-order valence-corrected chi connectivity index (χ4v) is 2.97. The molecule has 0 bridgehead atoms. The molecule has 0 aliphatic heterocycles. The molecule has 166 valence electrons. The summed E-state index contributed by atoms with van der Waals surface area (Å²) in [7, 11) is 0. The number of alkyl halides is 3. The van der Waals surface area contributed by atoms with E-state index >= 15 is 0 Å². The van der Waals surface area contributed by atoms with Crippen LogP contribution >= 0.6 is 0 Å². The number of benzene rings is 2. The summed E-state index contributed by atoms with van der Waals surface area (Å²) in [4.78, 5) is 19.9. The van der Waals surface area contributed by atoms with Gasteiger partial charge >= 0.3 is 6.18 Å². The van der Waals surface area contributed by atoms with E-state index in [0.717, 1.165) is 25.0 Å². The van der Waals surface area contributed by atoms with Crippen LogP contribution in [0.25, 0.3) is 0 Å². The average molecular weight is 446 g/mol. The molecule has 1 aromatic heterocycles. The molecule has 0 atom stereocenters. The molecule has 1 saturated carbocycles. The van der Waals surface area contributed by atoms with Crippen LogP contribution in [0, 0.1) is 18.7 Å². The van der Waals surface area contributed by atoms with Crippen LogP contribution in [-0.2, 0) is 11.0 Å². The highest BCUT2D eigenvalue weighted by molar-refractivity contribution is 5.93. The van der Waals surface area contributed by atoms with E-state index in [2.05, 4.69) is 20.6 Å². The Morgan fingerprint density at radius 3 is 2.56 bits per heavy atom. The van der Waals surface area contributed by atoms with Crippen molar-refractivity contribution in [2.45, 2.75) is 25.9 Å². The molecule has 0 unspecified atom stereocenters. The Hall–Kier alpha value is -3.69. The van der Waals surface area contributed by atoms with Gasteiger partial charge in [0.25, 0.3) is 0 Å². The van der Waals surface area contributed by atoms with Gasteiger partial charge in [0.15, 0.2) is 0 Å². The lowest BCUT2D eigenvalue weighted by Gasteiger charge is -2.14. The first-order valence-corrected chi connectivity index (χ1v) is 9.74. The van der Waals surface area contributed by atoms with Gasteiger partial charge in [-0.15, -0.1) is 0 Å². The van der Waals surface area contributed by atoms with Crippen molar-refractivity contribution >= 4 is 23.1 Å². The van der Waals surface area contributed by atoms with Gasteiger partial charge in [-0.1, -0.05) is 0 Å². The number of nitrogens with one attached hydrogen (secondary N) is 2. The van der Waals surface area contributed by atoms with Gasteiger partial charge in [0.05, 0.1) is 5.56 Å². The first-order chi connectivity index (χ1) is 15.2. The maximum Gasteiger partial charge on any atom is 0.419 e. The van der Waals surface area contributed by atoms with E-state index in [1.807, 2.05) is 0 Å². The molecule has 0 saturated heterocycles. The summed E-state index contributed by atoms with van der Waals surface area (Å²) in [5, 5.41) is 5.56. The summed E-state index contributed by atoms with van der Waals surface area (Å²) in [6.45, 7) is 1.74. The highest BCUT2D eigenvalue weighted by Crippen LogP contribution is 2.35. The number of nitrogens with zero attached hydrogens (tertiary/aromatic N) is 2. The molecule has 1 aliphatic carbocycles. The molecule has 1 aliphatic rings. The molecule has 10 heteroatoms. The standard InChI is InChI=1S/C22H18F4N4O2/c1-12-8-15(32-20-10-19(27-11-28-20)30-21(31)13-2-3-13)5-7-18(12)29-14-4-6-17(23)16(9-14)22(24,25)26/h4-11,13,29H,2-3H2,1H3,(H,27,28,30,31). The molecule has 0 spiro atoms. The second kappa shape index (κ2) is 8.45. The number of carbonyl (C=O) groups excluding carboxylic acids is 1. The van der Waals surface area contributed by atoms with Gasteiger partial charge in [0.1, 0.15) is 23.7 Å². The zero-order chi connectivity index (χ0) is 22.9. The lowest BCUT2D eigenvalue weighted by atomic mass is 10.1. The summed E-state index contributed by atoms with van der Waals surface area (Å²) in [5.74, 6) is -0.402. The maximum atomic E-state index is 13.5. The molecule has 6 nitrogen and oxygen atoms in total. The van der Waals surface area contributed by atoms with E-state index in [1.54, 1.807) is 25.1 Å². The summed E-state index contributed by atoms with van der Waals surface area (Å²) in [6, 6.07) is 9.11. The minimum absolute atomic E-state index is 0.0327. The number of aromatic nitrogens is 2. The van der Waals surface area contributed by atoms with Crippen LogP contribution < -0.4 is 15.4 Å². The number of anilines is 3. The second-order valence-electron chi connectivity index (χ2n) is 7.40. The summed E-state index contributed by atoms with van der Waals surface area (Å²) >= 11 is 0. The molecule has 0 radical (unpaired) electrons. The van der Waals surface area contributed by atoms with Crippen LogP contribution in [0.4, 0.5) is 34.8 Å². The van der Waals surface area contributed by atoms with Crippen LogP contribution in [0.5, 0.6) is 11.6 Å². The van der Waals surface area contributed by atoms with E-state index in [1.165, 1.54) is 18.5 Å². The summed E-state index contributed by atoms with van der Waals surface area (Å²) in [5.41, 5.74) is -0.0374. The SMILES string of the molecule is Cc1cc(Oc2cc(NC(=O)C3CC3)ncn2)ccc1Nc1ccc(F)c(C(F)(F)F)c1. The number of halogens is 4. The normalized spacial score (nSPS) is 13.5. The highest BCUT2D eigenvalue weighted by Gasteiger charge is 2.34. The molecule has 32 heavy (non-hydrogen) atoms. The number of rotatable bonds is 6. The van der Waals surface area contributed by atoms with Crippen LogP contribution in [-0.4, -0.2) is 15.9 Å².